The maximum Gasteiger partial charge on any atom is 0.407 e. The molecule has 0 aromatic carbocycles. The van der Waals surface area contributed by atoms with Crippen LogP contribution >= 0.6 is 11.3 Å². The van der Waals surface area contributed by atoms with Crippen molar-refractivity contribution < 1.29 is 19.1 Å². The molecule has 0 fully saturated rings. The molecule has 124 valence electrons. The molecule has 0 atom stereocenters. The van der Waals surface area contributed by atoms with Crippen molar-refractivity contribution in [2.24, 2.45) is 0 Å². The second kappa shape index (κ2) is 6.76. The van der Waals surface area contributed by atoms with E-state index in [9.17, 15) is 14.9 Å². The van der Waals surface area contributed by atoms with Gasteiger partial charge in [0.05, 0.1) is 18.4 Å². The molecule has 0 spiro atoms. The number of nitrogens with zero attached hydrogens (tertiary/aromatic N) is 2. The van der Waals surface area contributed by atoms with Crippen LogP contribution in [0.2, 0.25) is 0 Å². The molecule has 2 N–H and O–H groups in total. The molecule has 7 nitrogen and oxygen atoms in total. The number of carbonyl (C=O) groups is 2. The Kier molecular flexibility index (Phi) is 4.53. The molecule has 2 aromatic rings. The van der Waals surface area contributed by atoms with E-state index >= 15 is 0 Å². The van der Waals surface area contributed by atoms with Crippen LogP contribution in [0.15, 0.2) is 22.8 Å². The zero-order valence-electron chi connectivity index (χ0n) is 12.7. The van der Waals surface area contributed by atoms with Gasteiger partial charge in [-0.3, -0.25) is 4.79 Å². The Balaban J connectivity index is 1.71. The first-order chi connectivity index (χ1) is 11.6. The number of hydrogen-bond donors (Lipinski definition) is 2. The number of furan rings is 1. The van der Waals surface area contributed by atoms with Crippen LogP contribution in [0, 0.1) is 11.3 Å². The van der Waals surface area contributed by atoms with Crippen molar-refractivity contribution in [1.29, 1.82) is 5.26 Å². The van der Waals surface area contributed by atoms with Crippen LogP contribution in [0.25, 0.3) is 0 Å². The molecule has 1 aliphatic heterocycles. The number of aryl methyl sites for hydroxylation is 1. The average Bonchev–Trinajstić information content (AvgIpc) is 3.19. The van der Waals surface area contributed by atoms with E-state index in [0.717, 1.165) is 16.2 Å². The minimum absolute atomic E-state index is 0.198. The summed E-state index contributed by atoms with van der Waals surface area (Å²) in [7, 11) is 0. The Bertz CT molecular complexity index is 804. The number of thiophene rings is 1. The minimum atomic E-state index is -0.975. The number of anilines is 1. The van der Waals surface area contributed by atoms with Crippen LogP contribution in [0.4, 0.5) is 9.80 Å². The fourth-order valence-electron chi connectivity index (χ4n) is 2.65. The highest BCUT2D eigenvalue weighted by Crippen LogP contribution is 2.36. The fraction of sp³-hybridized carbons (Fsp3) is 0.312. The molecule has 8 heteroatoms. The largest absolute Gasteiger partial charge is 0.469 e. The predicted molar refractivity (Wildman–Crippen MR) is 86.8 cm³/mol. The van der Waals surface area contributed by atoms with Gasteiger partial charge in [0, 0.05) is 24.3 Å². The van der Waals surface area contributed by atoms with Crippen molar-refractivity contribution >= 4 is 28.3 Å². The third-order valence-electron chi connectivity index (χ3n) is 3.87. The van der Waals surface area contributed by atoms with Crippen LogP contribution in [-0.2, 0) is 24.2 Å². The smallest absolute Gasteiger partial charge is 0.407 e. The van der Waals surface area contributed by atoms with Crippen LogP contribution in [-0.4, -0.2) is 28.6 Å². The molecule has 2 aromatic heterocycles. The summed E-state index contributed by atoms with van der Waals surface area (Å²) >= 11 is 1.28. The summed E-state index contributed by atoms with van der Waals surface area (Å²) in [6, 6.07) is 5.70. The van der Waals surface area contributed by atoms with Crippen molar-refractivity contribution in [1.82, 2.24) is 4.90 Å². The summed E-state index contributed by atoms with van der Waals surface area (Å²) in [6.07, 6.45) is 1.81. The molecule has 3 heterocycles. The van der Waals surface area contributed by atoms with Crippen LogP contribution < -0.4 is 5.32 Å². The molecule has 0 saturated carbocycles. The summed E-state index contributed by atoms with van der Waals surface area (Å²) in [5.41, 5.74) is 1.30. The number of amides is 2. The Morgan fingerprint density at radius 3 is 3.00 bits per heavy atom. The molecule has 2 amide bonds. The Labute approximate surface area is 142 Å². The second-order valence-corrected chi connectivity index (χ2v) is 6.51. The van der Waals surface area contributed by atoms with E-state index < -0.39 is 6.09 Å². The molecule has 0 radical (unpaired) electrons. The van der Waals surface area contributed by atoms with Gasteiger partial charge in [0.15, 0.2) is 0 Å². The van der Waals surface area contributed by atoms with E-state index in [-0.39, 0.29) is 18.9 Å². The molecule has 1 aliphatic rings. The van der Waals surface area contributed by atoms with Gasteiger partial charge >= 0.3 is 6.09 Å². The topological polar surface area (TPSA) is 107 Å². The fourth-order valence-corrected chi connectivity index (χ4v) is 3.88. The van der Waals surface area contributed by atoms with E-state index in [2.05, 4.69) is 11.4 Å². The average molecular weight is 345 g/mol. The maximum atomic E-state index is 12.1. The SMILES string of the molecule is N#Cc1c(NC(=O)CCc2ccco2)sc2c1CCN(C(=O)O)C2. The van der Waals surface area contributed by atoms with Gasteiger partial charge in [-0.1, -0.05) is 0 Å². The first-order valence-corrected chi connectivity index (χ1v) is 8.25. The lowest BCUT2D eigenvalue weighted by Gasteiger charge is -2.23. The first-order valence-electron chi connectivity index (χ1n) is 7.43. The number of nitriles is 1. The van der Waals surface area contributed by atoms with Crippen molar-refractivity contribution in [3.63, 3.8) is 0 Å². The van der Waals surface area contributed by atoms with Crippen LogP contribution in [0.3, 0.4) is 0 Å². The molecule has 24 heavy (non-hydrogen) atoms. The summed E-state index contributed by atoms with van der Waals surface area (Å²) < 4.78 is 5.19. The quantitative estimate of drug-likeness (QED) is 0.886. The lowest BCUT2D eigenvalue weighted by Crippen LogP contribution is -2.34. The van der Waals surface area contributed by atoms with Gasteiger partial charge < -0.3 is 19.7 Å². The number of carboxylic acid groups (broad SMARTS) is 1. The third-order valence-corrected chi connectivity index (χ3v) is 5.00. The highest BCUT2D eigenvalue weighted by atomic mass is 32.1. The maximum absolute atomic E-state index is 12.1. The lowest BCUT2D eigenvalue weighted by molar-refractivity contribution is -0.116. The molecular weight excluding hydrogens is 330 g/mol. The number of fused-ring (bicyclic) bond motifs is 1. The summed E-state index contributed by atoms with van der Waals surface area (Å²) in [5.74, 6) is 0.532. The Hall–Kier alpha value is -2.79. The molecule has 0 aliphatic carbocycles. The van der Waals surface area contributed by atoms with Gasteiger partial charge in [-0.2, -0.15) is 5.26 Å². The van der Waals surface area contributed by atoms with Gasteiger partial charge in [-0.15, -0.1) is 11.3 Å². The van der Waals surface area contributed by atoms with E-state index in [0.29, 0.717) is 30.0 Å². The van der Waals surface area contributed by atoms with Crippen molar-refractivity contribution in [2.75, 3.05) is 11.9 Å². The lowest BCUT2D eigenvalue weighted by atomic mass is 10.0. The molecular formula is C16H15N3O4S. The molecule has 3 rings (SSSR count). The molecule has 0 unspecified atom stereocenters. The Morgan fingerprint density at radius 1 is 1.50 bits per heavy atom. The third kappa shape index (κ3) is 3.26. The number of rotatable bonds is 4. The second-order valence-electron chi connectivity index (χ2n) is 5.40. The van der Waals surface area contributed by atoms with Gasteiger partial charge in [0.1, 0.15) is 16.8 Å². The standard InChI is InChI=1S/C16H15N3O4S/c17-8-12-11-5-6-19(16(21)22)9-13(11)24-15(12)18-14(20)4-3-10-2-1-7-23-10/h1-2,7H,3-6,9H2,(H,18,20)(H,21,22). The monoisotopic (exact) mass is 345 g/mol. The summed E-state index contributed by atoms with van der Waals surface area (Å²) in [4.78, 5) is 25.3. The van der Waals surface area contributed by atoms with E-state index in [1.165, 1.54) is 16.2 Å². The van der Waals surface area contributed by atoms with Crippen molar-refractivity contribution in [3.8, 4) is 6.07 Å². The van der Waals surface area contributed by atoms with Gasteiger partial charge in [-0.25, -0.2) is 4.79 Å². The summed E-state index contributed by atoms with van der Waals surface area (Å²) in [6.45, 7) is 0.617. The van der Waals surface area contributed by atoms with Crippen molar-refractivity contribution in [2.45, 2.75) is 25.8 Å². The zero-order valence-corrected chi connectivity index (χ0v) is 13.6. The number of nitrogens with one attached hydrogen (secondary N) is 1. The summed E-state index contributed by atoms with van der Waals surface area (Å²) in [5, 5.41) is 21.8. The van der Waals surface area contributed by atoms with E-state index in [1.807, 2.05) is 0 Å². The minimum Gasteiger partial charge on any atom is -0.469 e. The number of hydrogen-bond acceptors (Lipinski definition) is 5. The predicted octanol–water partition coefficient (Wildman–Crippen LogP) is 2.82. The molecule has 0 saturated heterocycles. The van der Waals surface area contributed by atoms with Gasteiger partial charge in [0.25, 0.3) is 0 Å². The van der Waals surface area contributed by atoms with Crippen LogP contribution in [0.5, 0.6) is 0 Å². The highest BCUT2D eigenvalue weighted by molar-refractivity contribution is 7.16. The Morgan fingerprint density at radius 2 is 2.33 bits per heavy atom. The molecule has 0 bridgehead atoms. The highest BCUT2D eigenvalue weighted by Gasteiger charge is 2.27. The van der Waals surface area contributed by atoms with Crippen LogP contribution in [0.1, 0.15) is 28.2 Å². The first kappa shape index (κ1) is 16.1. The van der Waals surface area contributed by atoms with E-state index in [4.69, 9.17) is 9.52 Å². The van der Waals surface area contributed by atoms with Gasteiger partial charge in [-0.05, 0) is 24.1 Å². The van der Waals surface area contributed by atoms with E-state index in [1.54, 1.807) is 18.4 Å². The zero-order chi connectivity index (χ0) is 17.1. The van der Waals surface area contributed by atoms with Gasteiger partial charge in [0.2, 0.25) is 5.91 Å². The van der Waals surface area contributed by atoms with Crippen molar-refractivity contribution in [3.05, 3.63) is 40.2 Å². The normalized spacial score (nSPS) is 13.2. The number of carbonyl (C=O) groups excluding carboxylic acids is 1.